The van der Waals surface area contributed by atoms with Crippen LogP contribution in [0.5, 0.6) is 0 Å². The molecule has 8 aromatic carbocycles. The van der Waals surface area contributed by atoms with E-state index in [1.54, 1.807) is 83.4 Å². The van der Waals surface area contributed by atoms with Gasteiger partial charge in [0, 0.05) is 49.4 Å². The molecule has 238 valence electrons. The molecular weight excluding hydrogens is 619 g/mol. The van der Waals surface area contributed by atoms with Crippen molar-refractivity contribution in [3.8, 4) is 28.2 Å². The predicted molar refractivity (Wildman–Crippen MR) is 215 cm³/mol. The molecule has 0 saturated carbocycles. The molecule has 0 unspecified atom stereocenters. The molecule has 0 amide bonds. The molecule has 3 aromatic heterocycles. The fourth-order valence-corrected chi connectivity index (χ4v) is 7.30. The van der Waals surface area contributed by atoms with Gasteiger partial charge in [-0.15, -0.1) is 0 Å². The predicted octanol–water partition coefficient (Wildman–Crippen LogP) is 12.6. The third kappa shape index (κ3) is 4.12. The average Bonchev–Trinajstić information content (AvgIpc) is 3.99. The molecule has 0 bridgehead atoms. The molecule has 51 heavy (non-hydrogen) atoms. The first kappa shape index (κ1) is 16.7. The van der Waals surface area contributed by atoms with E-state index in [4.69, 9.17) is 15.1 Å². The molecule has 11 rings (SSSR count). The molecule has 0 aliphatic carbocycles. The highest BCUT2D eigenvalue weighted by atomic mass is 15.0. The molecule has 0 N–H and O–H groups in total. The molecule has 3 heterocycles. The molecular formula is C48H31N3. The number of aromatic nitrogens is 3. The SMILES string of the molecule is [2H]c1ccc(-c2cccc(-n3c4c([2H])c([2H])c([2H])c([2H])c4c4c([2H])c(-n5c6ccccc6c6cc(-n7c8c([2H])c([2H])c([2H])c([2H])c8c8c([2H])c([2H])c([2H])c([2H])c87)ccc65)c([2H])c([2H])c43)c2)cc1. The van der Waals surface area contributed by atoms with Crippen LogP contribution in [0, 0.1) is 0 Å². The van der Waals surface area contributed by atoms with Gasteiger partial charge in [0.25, 0.3) is 0 Å². The maximum absolute atomic E-state index is 9.99. The van der Waals surface area contributed by atoms with Gasteiger partial charge in [0.15, 0.2) is 0 Å². The minimum Gasteiger partial charge on any atom is -0.309 e. The minimum absolute atomic E-state index is 0.00625. The molecule has 3 heteroatoms. The summed E-state index contributed by atoms with van der Waals surface area (Å²) < 4.78 is 147. The summed E-state index contributed by atoms with van der Waals surface area (Å²) in [5.41, 5.74) is 3.03. The Labute approximate surface area is 316 Å². The van der Waals surface area contributed by atoms with Crippen molar-refractivity contribution in [2.24, 2.45) is 0 Å². The van der Waals surface area contributed by atoms with Crippen molar-refractivity contribution in [1.82, 2.24) is 13.7 Å². The van der Waals surface area contributed by atoms with Crippen molar-refractivity contribution in [2.75, 3.05) is 0 Å². The minimum atomic E-state index is -0.561. The Morgan fingerprint density at radius 3 is 1.61 bits per heavy atom. The Morgan fingerprint density at radius 2 is 0.882 bits per heavy atom. The highest BCUT2D eigenvalue weighted by Crippen LogP contribution is 2.39. The van der Waals surface area contributed by atoms with Gasteiger partial charge in [-0.25, -0.2) is 0 Å². The first-order chi connectivity index (χ1) is 32.0. The smallest absolute Gasteiger partial charge is 0.0652 e. The largest absolute Gasteiger partial charge is 0.309 e. The van der Waals surface area contributed by atoms with E-state index in [0.717, 1.165) is 11.1 Å². The van der Waals surface area contributed by atoms with E-state index in [2.05, 4.69) is 0 Å². The number of nitrogens with zero attached hydrogens (tertiary/aromatic N) is 3. The lowest BCUT2D eigenvalue weighted by molar-refractivity contribution is 1.16. The second kappa shape index (κ2) is 10.8. The number of fused-ring (bicyclic) bond motifs is 9. The molecule has 11 aromatic rings. The highest BCUT2D eigenvalue weighted by molar-refractivity contribution is 6.14. The van der Waals surface area contributed by atoms with Gasteiger partial charge < -0.3 is 13.7 Å². The first-order valence-electron chi connectivity index (χ1n) is 24.2. The molecule has 3 nitrogen and oxygen atoms in total. The van der Waals surface area contributed by atoms with Crippen molar-refractivity contribution in [3.05, 3.63) is 188 Å². The van der Waals surface area contributed by atoms with E-state index in [1.165, 1.54) is 9.13 Å². The molecule has 0 saturated heterocycles. The maximum Gasteiger partial charge on any atom is 0.0652 e. The summed E-state index contributed by atoms with van der Waals surface area (Å²) in [7, 11) is 0. The zero-order valence-corrected chi connectivity index (χ0v) is 26.5. The van der Waals surface area contributed by atoms with Crippen LogP contribution in [0.2, 0.25) is 0 Å². The quantitative estimate of drug-likeness (QED) is 0.178. The van der Waals surface area contributed by atoms with Crippen LogP contribution in [0.4, 0.5) is 0 Å². The second-order valence-corrected chi connectivity index (χ2v) is 12.2. The highest BCUT2D eigenvalue weighted by Gasteiger charge is 2.18. The molecule has 0 radical (unpaired) electrons. The standard InChI is InChI=1S/C48H31N3/c1-2-13-32(14-3-1)33-15-12-16-34(29-33)49-45-23-10-6-19-39(45)41-31-36(26-27-47(41)49)51-46-24-11-7-20-40(46)42-30-35(25-28-48(42)51)50-43-21-8-4-17-37(43)38-18-5-9-22-44(38)50/h1-31H/i1D,4D,5D,6D,8D,9D,10D,17D,18D,19D,21D,22D,23D,26D,27D,31D. The Bertz CT molecular complexity index is 3980. The van der Waals surface area contributed by atoms with Gasteiger partial charge in [-0.3, -0.25) is 0 Å². The summed E-state index contributed by atoms with van der Waals surface area (Å²) in [6.07, 6.45) is 0. The van der Waals surface area contributed by atoms with Gasteiger partial charge >= 0.3 is 0 Å². The van der Waals surface area contributed by atoms with Crippen LogP contribution in [-0.2, 0) is 0 Å². The monoisotopic (exact) mass is 665 g/mol. The number of hydrogen-bond acceptors (Lipinski definition) is 0. The van der Waals surface area contributed by atoms with Crippen LogP contribution in [-0.4, -0.2) is 13.7 Å². The lowest BCUT2D eigenvalue weighted by Gasteiger charge is -2.12. The molecule has 0 atom stereocenters. The number of para-hydroxylation sites is 4. The second-order valence-electron chi connectivity index (χ2n) is 12.2. The summed E-state index contributed by atoms with van der Waals surface area (Å²) in [5.74, 6) is 0. The van der Waals surface area contributed by atoms with E-state index in [0.29, 0.717) is 33.5 Å². The number of benzene rings is 8. The molecule has 0 spiro atoms. The van der Waals surface area contributed by atoms with Crippen molar-refractivity contribution < 1.29 is 21.9 Å². The molecule has 0 aliphatic heterocycles. The van der Waals surface area contributed by atoms with Crippen molar-refractivity contribution in [1.29, 1.82) is 0 Å². The Balaban J connectivity index is 1.24. The molecule has 0 fully saturated rings. The van der Waals surface area contributed by atoms with E-state index < -0.39 is 72.5 Å². The van der Waals surface area contributed by atoms with E-state index in [1.807, 2.05) is 12.1 Å². The fraction of sp³-hybridized carbons (Fsp3) is 0. The van der Waals surface area contributed by atoms with Crippen molar-refractivity contribution in [2.45, 2.75) is 0 Å². The number of rotatable bonds is 4. The van der Waals surface area contributed by atoms with Crippen LogP contribution in [0.1, 0.15) is 21.9 Å². The lowest BCUT2D eigenvalue weighted by atomic mass is 10.1. The maximum atomic E-state index is 9.99. The van der Waals surface area contributed by atoms with Gasteiger partial charge in [-0.2, -0.15) is 0 Å². The Morgan fingerprint density at radius 1 is 0.314 bits per heavy atom. The third-order valence-corrected chi connectivity index (χ3v) is 9.47. The zero-order valence-electron chi connectivity index (χ0n) is 42.5. The summed E-state index contributed by atoms with van der Waals surface area (Å²) in [4.78, 5) is 0. The van der Waals surface area contributed by atoms with Gasteiger partial charge in [0.1, 0.15) is 0 Å². The van der Waals surface area contributed by atoms with E-state index >= 15 is 0 Å². The van der Waals surface area contributed by atoms with Crippen LogP contribution in [0.15, 0.2) is 188 Å². The Kier molecular flexibility index (Phi) is 3.55. The van der Waals surface area contributed by atoms with Gasteiger partial charge in [-0.1, -0.05) is 115 Å². The summed E-state index contributed by atoms with van der Waals surface area (Å²) in [5, 5.41) is 1.00. The van der Waals surface area contributed by atoms with Gasteiger partial charge in [0.2, 0.25) is 0 Å². The van der Waals surface area contributed by atoms with Crippen LogP contribution < -0.4 is 0 Å². The van der Waals surface area contributed by atoms with Gasteiger partial charge in [0.05, 0.1) is 55.0 Å². The summed E-state index contributed by atoms with van der Waals surface area (Å²) in [6, 6.07) is 19.5. The topological polar surface area (TPSA) is 14.8 Å². The average molecular weight is 666 g/mol. The number of hydrogen-bond donors (Lipinski definition) is 0. The van der Waals surface area contributed by atoms with Crippen LogP contribution >= 0.6 is 0 Å². The van der Waals surface area contributed by atoms with E-state index in [9.17, 15) is 6.85 Å². The van der Waals surface area contributed by atoms with Crippen LogP contribution in [0.3, 0.4) is 0 Å². The van der Waals surface area contributed by atoms with Crippen molar-refractivity contribution in [3.63, 3.8) is 0 Å². The van der Waals surface area contributed by atoms with Gasteiger partial charge in [-0.05, 0) is 83.8 Å². The molecule has 0 aliphatic rings. The fourth-order valence-electron chi connectivity index (χ4n) is 7.30. The Hall–Kier alpha value is -6.84. The first-order valence-corrected chi connectivity index (χ1v) is 16.2. The summed E-state index contributed by atoms with van der Waals surface area (Å²) >= 11 is 0. The summed E-state index contributed by atoms with van der Waals surface area (Å²) in [6.45, 7) is 0. The van der Waals surface area contributed by atoms with Crippen LogP contribution in [0.25, 0.3) is 93.6 Å². The van der Waals surface area contributed by atoms with E-state index in [-0.39, 0.29) is 73.1 Å². The normalized spacial score (nSPS) is 16.3. The third-order valence-electron chi connectivity index (χ3n) is 9.47. The van der Waals surface area contributed by atoms with Crippen molar-refractivity contribution >= 4 is 65.4 Å². The zero-order chi connectivity index (χ0) is 47.4. The lowest BCUT2D eigenvalue weighted by Crippen LogP contribution is -1.97.